The van der Waals surface area contributed by atoms with E-state index in [2.05, 4.69) is 15.3 Å². The third kappa shape index (κ3) is 6.66. The number of aromatic amines is 1. The highest BCUT2D eigenvalue weighted by molar-refractivity contribution is 5.79. The van der Waals surface area contributed by atoms with Crippen molar-refractivity contribution >= 4 is 11.9 Å². The first-order valence-corrected chi connectivity index (χ1v) is 8.31. The molecule has 140 valence electrons. The summed E-state index contributed by atoms with van der Waals surface area (Å²) >= 11 is 0. The van der Waals surface area contributed by atoms with E-state index in [1.807, 2.05) is 30.3 Å². The van der Waals surface area contributed by atoms with Gasteiger partial charge in [-0.2, -0.15) is 0 Å². The molecule has 1 aromatic heterocycles. The summed E-state index contributed by atoms with van der Waals surface area (Å²) in [5.74, 6) is -0.687. The molecule has 0 radical (unpaired) electrons. The second-order valence-corrected chi connectivity index (χ2v) is 5.93. The lowest BCUT2D eigenvalue weighted by atomic mass is 10.1. The van der Waals surface area contributed by atoms with Crippen molar-refractivity contribution in [1.29, 1.82) is 0 Å². The highest BCUT2D eigenvalue weighted by Gasteiger charge is 2.18. The van der Waals surface area contributed by atoms with Crippen molar-refractivity contribution in [3.8, 4) is 0 Å². The molecule has 8 nitrogen and oxygen atoms in total. The van der Waals surface area contributed by atoms with Crippen LogP contribution in [0, 0.1) is 0 Å². The van der Waals surface area contributed by atoms with E-state index in [4.69, 9.17) is 4.74 Å². The van der Waals surface area contributed by atoms with Gasteiger partial charge in [-0.15, -0.1) is 0 Å². The Morgan fingerprint density at radius 3 is 2.69 bits per heavy atom. The van der Waals surface area contributed by atoms with Crippen molar-refractivity contribution < 1.29 is 19.4 Å². The number of nitrogens with one attached hydrogen (secondary N) is 2. The molecular weight excluding hydrogens is 336 g/mol. The van der Waals surface area contributed by atoms with Gasteiger partial charge in [0.05, 0.1) is 39.2 Å². The van der Waals surface area contributed by atoms with Gasteiger partial charge in [0, 0.05) is 24.9 Å². The molecule has 1 amide bonds. The topological polar surface area (TPSA) is 108 Å². The van der Waals surface area contributed by atoms with Crippen LogP contribution >= 0.6 is 0 Å². The summed E-state index contributed by atoms with van der Waals surface area (Å²) in [7, 11) is 1.31. The Balaban J connectivity index is 1.94. The number of rotatable bonds is 10. The predicted octanol–water partition coefficient (Wildman–Crippen LogP) is 0.105. The van der Waals surface area contributed by atoms with Crippen LogP contribution in [-0.2, 0) is 27.3 Å². The number of imidazole rings is 1. The first-order valence-electron chi connectivity index (χ1n) is 8.31. The van der Waals surface area contributed by atoms with Crippen LogP contribution in [0.1, 0.15) is 11.3 Å². The van der Waals surface area contributed by atoms with Crippen molar-refractivity contribution in [3.63, 3.8) is 0 Å². The number of esters is 1. The van der Waals surface area contributed by atoms with Crippen LogP contribution in [0.4, 0.5) is 0 Å². The van der Waals surface area contributed by atoms with Crippen molar-refractivity contribution in [1.82, 2.24) is 20.2 Å². The Morgan fingerprint density at radius 1 is 1.31 bits per heavy atom. The van der Waals surface area contributed by atoms with E-state index < -0.39 is 12.0 Å². The quantitative estimate of drug-likeness (QED) is 0.519. The molecule has 3 N–H and O–H groups in total. The zero-order valence-electron chi connectivity index (χ0n) is 14.7. The summed E-state index contributed by atoms with van der Waals surface area (Å²) < 4.78 is 4.71. The molecule has 1 aromatic carbocycles. The van der Waals surface area contributed by atoms with Gasteiger partial charge in [0.15, 0.2) is 0 Å². The van der Waals surface area contributed by atoms with Crippen LogP contribution in [0.5, 0.6) is 0 Å². The Labute approximate surface area is 152 Å². The molecule has 1 atom stereocenters. The van der Waals surface area contributed by atoms with Gasteiger partial charge in [-0.25, -0.2) is 4.98 Å². The average Bonchev–Trinajstić information content (AvgIpc) is 3.14. The molecule has 0 saturated heterocycles. The summed E-state index contributed by atoms with van der Waals surface area (Å²) in [5, 5.41) is 12.3. The Morgan fingerprint density at radius 2 is 2.08 bits per heavy atom. The maximum Gasteiger partial charge on any atom is 0.319 e. The fraction of sp³-hybridized carbons (Fsp3) is 0.389. The van der Waals surface area contributed by atoms with Crippen molar-refractivity contribution in [2.45, 2.75) is 19.0 Å². The molecule has 0 aliphatic heterocycles. The molecule has 2 rings (SSSR count). The molecule has 0 bridgehead atoms. The molecule has 0 fully saturated rings. The number of nitrogens with zero attached hydrogens (tertiary/aromatic N) is 2. The number of methoxy groups -OCH3 is 1. The molecule has 1 heterocycles. The van der Waals surface area contributed by atoms with Crippen molar-refractivity contribution in [2.24, 2.45) is 0 Å². The van der Waals surface area contributed by atoms with E-state index in [1.54, 1.807) is 17.4 Å². The van der Waals surface area contributed by atoms with Crippen LogP contribution in [0.3, 0.4) is 0 Å². The molecule has 1 unspecified atom stereocenters. The van der Waals surface area contributed by atoms with Crippen LogP contribution in [0.15, 0.2) is 42.9 Å². The largest absolute Gasteiger partial charge is 0.468 e. The third-order valence-corrected chi connectivity index (χ3v) is 3.80. The Bertz CT molecular complexity index is 676. The second-order valence-electron chi connectivity index (χ2n) is 5.93. The fourth-order valence-corrected chi connectivity index (χ4v) is 2.56. The summed E-state index contributed by atoms with van der Waals surface area (Å²) in [6, 6.07) is 9.13. The molecule has 0 aliphatic rings. The minimum Gasteiger partial charge on any atom is -0.468 e. The highest BCUT2D eigenvalue weighted by atomic mass is 16.5. The van der Waals surface area contributed by atoms with Crippen LogP contribution in [0.2, 0.25) is 0 Å². The standard InChI is InChI=1S/C18H24N4O4/c1-26-18(25)11-22(9-14-5-3-2-4-6-14)10-17(24)21-16(12-23)7-15-8-19-13-20-15/h2-6,8,13,16,23H,7,9-12H2,1H3,(H,19,20)(H,21,24). The van der Waals surface area contributed by atoms with Gasteiger partial charge in [0.25, 0.3) is 0 Å². The number of ether oxygens (including phenoxy) is 1. The van der Waals surface area contributed by atoms with Crippen LogP contribution < -0.4 is 5.32 Å². The van der Waals surface area contributed by atoms with E-state index in [9.17, 15) is 14.7 Å². The number of carbonyl (C=O) groups is 2. The van der Waals surface area contributed by atoms with Gasteiger partial charge >= 0.3 is 5.97 Å². The molecule has 0 aliphatic carbocycles. The smallest absolute Gasteiger partial charge is 0.319 e. The van der Waals surface area contributed by atoms with E-state index in [0.717, 1.165) is 11.3 Å². The first-order chi connectivity index (χ1) is 12.6. The predicted molar refractivity (Wildman–Crippen MR) is 95.0 cm³/mol. The molecule has 0 spiro atoms. The number of aliphatic hydroxyl groups excluding tert-OH is 1. The van der Waals surface area contributed by atoms with Gasteiger partial charge in [0.2, 0.25) is 5.91 Å². The van der Waals surface area contributed by atoms with Crippen molar-refractivity contribution in [3.05, 3.63) is 54.1 Å². The number of hydrogen-bond acceptors (Lipinski definition) is 6. The number of aromatic nitrogens is 2. The van der Waals surface area contributed by atoms with E-state index >= 15 is 0 Å². The first kappa shape index (κ1) is 19.6. The highest BCUT2D eigenvalue weighted by Crippen LogP contribution is 2.05. The number of amides is 1. The minimum atomic E-state index is -0.431. The van der Waals surface area contributed by atoms with Gasteiger partial charge < -0.3 is 20.1 Å². The van der Waals surface area contributed by atoms with Gasteiger partial charge in [-0.1, -0.05) is 30.3 Å². The third-order valence-electron chi connectivity index (χ3n) is 3.80. The average molecular weight is 360 g/mol. The molecule has 2 aromatic rings. The van der Waals surface area contributed by atoms with E-state index in [0.29, 0.717) is 13.0 Å². The maximum absolute atomic E-state index is 12.4. The zero-order chi connectivity index (χ0) is 18.8. The molecule has 8 heteroatoms. The summed E-state index contributed by atoms with van der Waals surface area (Å²) in [6.45, 7) is 0.265. The normalized spacial score (nSPS) is 12.0. The minimum absolute atomic E-state index is 0.00313. The van der Waals surface area contributed by atoms with Gasteiger partial charge in [0.1, 0.15) is 0 Å². The zero-order valence-corrected chi connectivity index (χ0v) is 14.7. The number of hydrogen-bond donors (Lipinski definition) is 3. The SMILES string of the molecule is COC(=O)CN(CC(=O)NC(CO)Cc1cnc[nH]1)Cc1ccccc1. The van der Waals surface area contributed by atoms with E-state index in [1.165, 1.54) is 7.11 Å². The number of aliphatic hydroxyl groups is 1. The lowest BCUT2D eigenvalue weighted by Gasteiger charge is -2.22. The molecule has 26 heavy (non-hydrogen) atoms. The summed E-state index contributed by atoms with van der Waals surface area (Å²) in [4.78, 5) is 32.6. The number of H-pyrrole nitrogens is 1. The molecule has 0 saturated carbocycles. The molecular formula is C18H24N4O4. The van der Waals surface area contributed by atoms with Gasteiger partial charge in [-0.05, 0) is 5.56 Å². The van der Waals surface area contributed by atoms with Crippen LogP contribution in [-0.4, -0.2) is 64.7 Å². The summed E-state index contributed by atoms with van der Waals surface area (Å²) in [5.41, 5.74) is 1.81. The fourth-order valence-electron chi connectivity index (χ4n) is 2.56. The maximum atomic E-state index is 12.4. The number of carbonyl (C=O) groups excluding carboxylic acids is 2. The lowest BCUT2D eigenvalue weighted by Crippen LogP contribution is -2.45. The Kier molecular flexibility index (Phi) is 7.78. The second kappa shape index (κ2) is 10.3. The van der Waals surface area contributed by atoms with Crippen molar-refractivity contribution in [2.75, 3.05) is 26.8 Å². The number of benzene rings is 1. The van der Waals surface area contributed by atoms with E-state index in [-0.39, 0.29) is 25.6 Å². The summed E-state index contributed by atoms with van der Waals surface area (Å²) in [6.07, 6.45) is 3.63. The monoisotopic (exact) mass is 360 g/mol. The van der Waals surface area contributed by atoms with Gasteiger partial charge in [-0.3, -0.25) is 14.5 Å². The lowest BCUT2D eigenvalue weighted by molar-refractivity contribution is -0.142. The van der Waals surface area contributed by atoms with Crippen LogP contribution in [0.25, 0.3) is 0 Å². The Hall–Kier alpha value is -2.71.